The number of carbonyl (C=O) groups excluding carboxylic acids is 2. The smallest absolute Gasteiger partial charge is 0.311 e. The summed E-state index contributed by atoms with van der Waals surface area (Å²) in [7, 11) is 1.00. The van der Waals surface area contributed by atoms with E-state index in [0.717, 1.165) is 18.2 Å². The molecule has 0 aliphatic rings. The van der Waals surface area contributed by atoms with Crippen LogP contribution in [0.25, 0.3) is 0 Å². The van der Waals surface area contributed by atoms with E-state index in [9.17, 15) is 34.4 Å². The second kappa shape index (κ2) is 12.7. The Morgan fingerprint density at radius 2 is 1.62 bits per heavy atom. The normalized spacial score (nSPS) is 14.4. The molecule has 0 bridgehead atoms. The van der Waals surface area contributed by atoms with Crippen molar-refractivity contribution in [3.05, 3.63) is 18.2 Å². The lowest BCUT2D eigenvalue weighted by Crippen LogP contribution is -2.37. The Labute approximate surface area is 186 Å². The number of benzene rings is 1. The summed E-state index contributed by atoms with van der Waals surface area (Å²) in [5.41, 5.74) is 0. The number of hydrogen-bond acceptors (Lipinski definition) is 11. The molecule has 3 N–H and O–H groups in total. The molecule has 0 saturated heterocycles. The summed E-state index contributed by atoms with van der Waals surface area (Å²) in [6.45, 7) is -0.782. The van der Waals surface area contributed by atoms with Crippen LogP contribution in [0.4, 0.5) is 0 Å². The maximum atomic E-state index is 11.7. The summed E-state index contributed by atoms with van der Waals surface area (Å²) in [6.07, 6.45) is -1.58. The van der Waals surface area contributed by atoms with Gasteiger partial charge in [-0.15, -0.1) is 0 Å². The van der Waals surface area contributed by atoms with Crippen molar-refractivity contribution in [3.8, 4) is 17.2 Å². The molecule has 32 heavy (non-hydrogen) atoms. The number of ether oxygens (including phenoxy) is 2. The van der Waals surface area contributed by atoms with Crippen LogP contribution in [0.3, 0.4) is 0 Å². The fourth-order valence-electron chi connectivity index (χ4n) is 2.14. The Kier molecular flexibility index (Phi) is 11.1. The van der Waals surface area contributed by atoms with Crippen LogP contribution in [-0.4, -0.2) is 85.4 Å². The number of aliphatic hydroxyl groups is 1. The monoisotopic (exact) mass is 479 g/mol. The van der Waals surface area contributed by atoms with Crippen molar-refractivity contribution in [3.63, 3.8) is 0 Å². The fourth-order valence-corrected chi connectivity index (χ4v) is 2.87. The third-order valence-electron chi connectivity index (χ3n) is 3.74. The first-order valence-corrected chi connectivity index (χ1v) is 11.2. The van der Waals surface area contributed by atoms with Gasteiger partial charge in [-0.05, 0) is 6.42 Å². The second-order valence-electron chi connectivity index (χ2n) is 7.94. The first-order chi connectivity index (χ1) is 14.8. The Balaban J connectivity index is 2.21. The van der Waals surface area contributed by atoms with Gasteiger partial charge in [-0.25, -0.2) is 0 Å². The number of aromatic hydroxyl groups is 2. The fraction of sp³-hybridized carbons (Fsp3) is 0.579. The molecule has 0 aromatic heterocycles. The van der Waals surface area contributed by atoms with Crippen LogP contribution >= 0.6 is 7.82 Å². The molecule has 1 aromatic carbocycles. The van der Waals surface area contributed by atoms with E-state index in [1.807, 2.05) is 21.1 Å². The van der Waals surface area contributed by atoms with Gasteiger partial charge in [0.2, 0.25) is 0 Å². The second-order valence-corrected chi connectivity index (χ2v) is 9.35. The number of phenols is 2. The number of phosphoric acid groups is 1. The highest BCUT2D eigenvalue weighted by atomic mass is 31.2. The zero-order valence-electron chi connectivity index (χ0n) is 18.3. The van der Waals surface area contributed by atoms with Gasteiger partial charge in [0.05, 0.1) is 27.7 Å². The number of likely N-dealkylation sites (N-methyl/N-ethyl adjacent to an activating group) is 1. The molecular weight excluding hydrogens is 449 g/mol. The lowest BCUT2D eigenvalue weighted by Gasteiger charge is -2.27. The van der Waals surface area contributed by atoms with Gasteiger partial charge in [0, 0.05) is 31.0 Å². The third-order valence-corrected chi connectivity index (χ3v) is 4.71. The van der Waals surface area contributed by atoms with E-state index in [4.69, 9.17) is 9.47 Å². The standard InChI is InChI=1S/C19H30NO11P/c1-20(2,3)7-8-29-32(26,27)30-13-16(23)12-28-18(24)5-4-6-19(25)31-17-10-14(21)9-15(22)11-17/h9-11,16,23H,4-8,12-13H2,1-3H3,(H2-,21,22,26,27)/t16-/m1/s1. The van der Waals surface area contributed by atoms with E-state index in [2.05, 4.69) is 9.05 Å². The summed E-state index contributed by atoms with van der Waals surface area (Å²) in [4.78, 5) is 35.0. The van der Waals surface area contributed by atoms with E-state index >= 15 is 0 Å². The predicted octanol–water partition coefficient (Wildman–Crippen LogP) is 0.285. The quantitative estimate of drug-likeness (QED) is 0.145. The Hall–Kier alpha value is -2.21. The minimum absolute atomic E-state index is 0.0460. The molecule has 1 rings (SSSR count). The van der Waals surface area contributed by atoms with Crippen molar-refractivity contribution >= 4 is 19.8 Å². The van der Waals surface area contributed by atoms with Gasteiger partial charge in [-0.3, -0.25) is 14.2 Å². The van der Waals surface area contributed by atoms with Crippen molar-refractivity contribution in [1.82, 2.24) is 0 Å². The highest BCUT2D eigenvalue weighted by molar-refractivity contribution is 7.45. The average Bonchev–Trinajstić information content (AvgIpc) is 2.62. The van der Waals surface area contributed by atoms with Gasteiger partial charge in [0.15, 0.2) is 0 Å². The van der Waals surface area contributed by atoms with Crippen molar-refractivity contribution in [2.24, 2.45) is 0 Å². The van der Waals surface area contributed by atoms with Crippen molar-refractivity contribution in [2.45, 2.75) is 25.4 Å². The number of esters is 2. The molecule has 13 heteroatoms. The number of aliphatic hydroxyl groups excluding tert-OH is 1. The van der Waals surface area contributed by atoms with Gasteiger partial charge in [-0.2, -0.15) is 0 Å². The van der Waals surface area contributed by atoms with Crippen LogP contribution in [0.5, 0.6) is 17.2 Å². The highest BCUT2D eigenvalue weighted by Crippen LogP contribution is 2.38. The largest absolute Gasteiger partial charge is 0.756 e. The molecule has 0 aliphatic heterocycles. The van der Waals surface area contributed by atoms with Gasteiger partial charge in [-0.1, -0.05) is 0 Å². The summed E-state index contributed by atoms with van der Waals surface area (Å²) in [5, 5.41) is 28.4. The number of hydrogen-bond donors (Lipinski definition) is 3. The first-order valence-electron chi connectivity index (χ1n) is 9.74. The number of nitrogens with zero attached hydrogens (tertiary/aromatic N) is 1. The van der Waals surface area contributed by atoms with Gasteiger partial charge < -0.3 is 43.2 Å². The van der Waals surface area contributed by atoms with Crippen molar-refractivity contribution < 1.29 is 57.4 Å². The number of phenolic OH excluding ortho intramolecular Hbond substituents is 2. The Morgan fingerprint density at radius 1 is 1.03 bits per heavy atom. The third kappa shape index (κ3) is 13.3. The maximum Gasteiger partial charge on any atom is 0.311 e. The lowest BCUT2D eigenvalue weighted by molar-refractivity contribution is -0.870. The molecule has 0 fully saturated rings. The number of carbonyl (C=O) groups is 2. The molecule has 1 aromatic rings. The molecule has 0 spiro atoms. The van der Waals surface area contributed by atoms with Crippen LogP contribution in [0.2, 0.25) is 0 Å². The summed E-state index contributed by atoms with van der Waals surface area (Å²) in [6, 6.07) is 3.36. The zero-order chi connectivity index (χ0) is 24.4. The average molecular weight is 479 g/mol. The summed E-state index contributed by atoms with van der Waals surface area (Å²) < 4.78 is 31.1. The molecular formula is C19H30NO11P. The van der Waals surface area contributed by atoms with Gasteiger partial charge in [0.25, 0.3) is 7.82 Å². The maximum absolute atomic E-state index is 11.7. The van der Waals surface area contributed by atoms with Crippen LogP contribution in [-0.2, 0) is 27.9 Å². The minimum atomic E-state index is -4.59. The van der Waals surface area contributed by atoms with Crippen molar-refractivity contribution in [1.29, 1.82) is 0 Å². The summed E-state index contributed by atoms with van der Waals surface area (Å²) >= 11 is 0. The van der Waals surface area contributed by atoms with Crippen LogP contribution < -0.4 is 9.63 Å². The molecule has 0 amide bonds. The number of quaternary nitrogens is 1. The van der Waals surface area contributed by atoms with E-state index < -0.39 is 39.1 Å². The van der Waals surface area contributed by atoms with Crippen LogP contribution in [0.1, 0.15) is 19.3 Å². The molecule has 0 aliphatic carbocycles. The molecule has 2 atom stereocenters. The van der Waals surface area contributed by atoms with Gasteiger partial charge in [0.1, 0.15) is 43.1 Å². The Morgan fingerprint density at radius 3 is 2.22 bits per heavy atom. The Bertz CT molecular complexity index is 789. The summed E-state index contributed by atoms with van der Waals surface area (Å²) in [5.74, 6) is -2.00. The SMILES string of the molecule is C[N+](C)(C)CCOP(=O)([O-])OC[C@H](O)COC(=O)CCCC(=O)Oc1cc(O)cc(O)c1. The molecule has 0 saturated carbocycles. The van der Waals surface area contributed by atoms with Crippen LogP contribution in [0.15, 0.2) is 18.2 Å². The molecule has 1 unspecified atom stereocenters. The lowest BCUT2D eigenvalue weighted by atomic mass is 10.2. The number of rotatable bonds is 14. The number of phosphoric ester groups is 1. The van der Waals surface area contributed by atoms with E-state index in [1.165, 1.54) is 0 Å². The first kappa shape index (κ1) is 27.8. The molecule has 12 nitrogen and oxygen atoms in total. The van der Waals surface area contributed by atoms with Crippen molar-refractivity contribution in [2.75, 3.05) is 47.5 Å². The molecule has 0 heterocycles. The zero-order valence-corrected chi connectivity index (χ0v) is 19.2. The van der Waals surface area contributed by atoms with E-state index in [0.29, 0.717) is 11.0 Å². The van der Waals surface area contributed by atoms with Crippen LogP contribution in [0, 0.1) is 0 Å². The topological polar surface area (TPSA) is 172 Å². The van der Waals surface area contributed by atoms with E-state index in [-0.39, 0.29) is 43.1 Å². The molecule has 182 valence electrons. The molecule has 0 radical (unpaired) electrons. The highest BCUT2D eigenvalue weighted by Gasteiger charge is 2.17. The van der Waals surface area contributed by atoms with Gasteiger partial charge >= 0.3 is 11.9 Å². The van der Waals surface area contributed by atoms with E-state index in [1.54, 1.807) is 0 Å². The minimum Gasteiger partial charge on any atom is -0.756 e. The predicted molar refractivity (Wildman–Crippen MR) is 109 cm³/mol.